The highest BCUT2D eigenvalue weighted by Gasteiger charge is 2.55. The molecule has 0 saturated carbocycles. The Bertz CT molecular complexity index is 469. The van der Waals surface area contributed by atoms with Crippen molar-refractivity contribution >= 4 is 11.8 Å². The number of Topliss-reactive ketones (excluding diaryl/α,β-unsaturated/α-hetero) is 1. The zero-order valence-corrected chi connectivity index (χ0v) is 12.7. The Morgan fingerprint density at radius 3 is 2.86 bits per heavy atom. The molecule has 116 valence electrons. The molecule has 2 bridgehead atoms. The number of allylic oxidation sites excluding steroid dienone is 1. The van der Waals surface area contributed by atoms with Crippen LogP contribution in [0.5, 0.6) is 0 Å². The number of carbonyl (C=O) groups is 2. The summed E-state index contributed by atoms with van der Waals surface area (Å²) >= 11 is 0. The van der Waals surface area contributed by atoms with Gasteiger partial charge in [0.25, 0.3) is 0 Å². The molecule has 6 atom stereocenters. The molecule has 21 heavy (non-hydrogen) atoms. The molecule has 0 radical (unpaired) electrons. The molecule has 0 N–H and O–H groups in total. The molecular formula is C16H22O5. The minimum atomic E-state index is -0.696. The minimum Gasteiger partial charge on any atom is -0.465 e. The molecule has 2 fully saturated rings. The van der Waals surface area contributed by atoms with Crippen molar-refractivity contribution in [3.05, 3.63) is 12.2 Å². The molecule has 0 amide bonds. The Kier molecular flexibility index (Phi) is 3.88. The molecule has 0 unspecified atom stereocenters. The smallest absolute Gasteiger partial charge is 0.302 e. The maximum atomic E-state index is 12.6. The van der Waals surface area contributed by atoms with E-state index in [1.165, 1.54) is 6.92 Å². The van der Waals surface area contributed by atoms with Gasteiger partial charge < -0.3 is 14.2 Å². The van der Waals surface area contributed by atoms with Gasteiger partial charge in [0, 0.05) is 24.7 Å². The molecule has 5 nitrogen and oxygen atoms in total. The zero-order chi connectivity index (χ0) is 15.1. The summed E-state index contributed by atoms with van der Waals surface area (Å²) in [6.45, 7) is 6.41. The number of ether oxygens (including phenoxy) is 3. The molecule has 3 aliphatic rings. The van der Waals surface area contributed by atoms with Gasteiger partial charge in [0.2, 0.25) is 6.29 Å². The van der Waals surface area contributed by atoms with Crippen molar-refractivity contribution in [1.82, 2.24) is 0 Å². The Balaban J connectivity index is 1.89. The molecule has 3 rings (SSSR count). The molecule has 0 aromatic carbocycles. The van der Waals surface area contributed by atoms with Crippen molar-refractivity contribution in [2.24, 2.45) is 29.6 Å². The predicted octanol–water partition coefficient (Wildman–Crippen LogP) is 1.56. The third-order valence-electron chi connectivity index (χ3n) is 4.85. The summed E-state index contributed by atoms with van der Waals surface area (Å²) in [5.41, 5.74) is 0. The number of esters is 1. The fourth-order valence-corrected chi connectivity index (χ4v) is 3.87. The van der Waals surface area contributed by atoms with E-state index in [-0.39, 0.29) is 41.5 Å². The van der Waals surface area contributed by atoms with Gasteiger partial charge in [-0.05, 0) is 11.8 Å². The first-order valence-corrected chi connectivity index (χ1v) is 7.61. The van der Waals surface area contributed by atoms with E-state index in [4.69, 9.17) is 14.2 Å². The molecule has 0 aromatic heterocycles. The maximum absolute atomic E-state index is 12.6. The first-order valence-electron chi connectivity index (χ1n) is 7.61. The summed E-state index contributed by atoms with van der Waals surface area (Å²) < 4.78 is 16.3. The zero-order valence-electron chi connectivity index (χ0n) is 12.7. The molecule has 2 aliphatic heterocycles. The molecule has 0 spiro atoms. The van der Waals surface area contributed by atoms with E-state index in [1.807, 2.05) is 0 Å². The molecule has 0 aromatic rings. The van der Waals surface area contributed by atoms with E-state index in [9.17, 15) is 9.59 Å². The molecule has 2 saturated heterocycles. The van der Waals surface area contributed by atoms with Crippen LogP contribution in [0.4, 0.5) is 0 Å². The Morgan fingerprint density at radius 2 is 2.19 bits per heavy atom. The van der Waals surface area contributed by atoms with Crippen LogP contribution >= 0.6 is 0 Å². The Labute approximate surface area is 124 Å². The maximum Gasteiger partial charge on any atom is 0.302 e. The lowest BCUT2D eigenvalue weighted by Gasteiger charge is -2.44. The van der Waals surface area contributed by atoms with Crippen molar-refractivity contribution < 1.29 is 23.8 Å². The first-order chi connectivity index (χ1) is 9.99. The SMILES string of the molecule is CC(=O)OC[C@@H]1C=C[C@H](C(C)C)[C@H]2C(=O)[C@@H]3OC[C@@H](O3)[C@H]21. The van der Waals surface area contributed by atoms with Crippen LogP contribution in [0.15, 0.2) is 12.2 Å². The lowest BCUT2D eigenvalue weighted by atomic mass is 9.63. The lowest BCUT2D eigenvalue weighted by molar-refractivity contribution is -0.174. The largest absolute Gasteiger partial charge is 0.465 e. The summed E-state index contributed by atoms with van der Waals surface area (Å²) in [6.07, 6.45) is 3.43. The standard InChI is InChI=1S/C16H22O5/c1-8(2)11-5-4-10(6-19-9(3)17)13-12-7-20-16(21-12)15(18)14(11)13/h4-5,8,10-14,16H,6-7H2,1-3H3/t10-,11+,12+,13+,14+,16+/m0/s1. The van der Waals surface area contributed by atoms with E-state index in [2.05, 4.69) is 26.0 Å². The Morgan fingerprint density at radius 1 is 1.43 bits per heavy atom. The van der Waals surface area contributed by atoms with Crippen molar-refractivity contribution in [1.29, 1.82) is 0 Å². The van der Waals surface area contributed by atoms with Gasteiger partial charge in [-0.2, -0.15) is 0 Å². The van der Waals surface area contributed by atoms with Crippen LogP contribution in [-0.4, -0.2) is 37.4 Å². The van der Waals surface area contributed by atoms with Gasteiger partial charge in [-0.25, -0.2) is 0 Å². The second-order valence-corrected chi connectivity index (χ2v) is 6.52. The number of ketones is 1. The van der Waals surface area contributed by atoms with Crippen molar-refractivity contribution in [2.45, 2.75) is 33.2 Å². The van der Waals surface area contributed by atoms with Gasteiger partial charge in [-0.1, -0.05) is 26.0 Å². The third kappa shape index (κ3) is 2.53. The van der Waals surface area contributed by atoms with Crippen LogP contribution in [0.3, 0.4) is 0 Å². The molecule has 2 heterocycles. The summed E-state index contributed by atoms with van der Waals surface area (Å²) in [7, 11) is 0. The fraction of sp³-hybridized carbons (Fsp3) is 0.750. The van der Waals surface area contributed by atoms with Crippen LogP contribution in [0.25, 0.3) is 0 Å². The second-order valence-electron chi connectivity index (χ2n) is 6.52. The second kappa shape index (κ2) is 5.54. The van der Waals surface area contributed by atoms with Gasteiger partial charge in [-0.15, -0.1) is 0 Å². The van der Waals surface area contributed by atoms with Crippen molar-refractivity contribution in [3.63, 3.8) is 0 Å². The Hall–Kier alpha value is -1.20. The quantitative estimate of drug-likeness (QED) is 0.584. The van der Waals surface area contributed by atoms with Crippen molar-refractivity contribution in [2.75, 3.05) is 13.2 Å². The predicted molar refractivity (Wildman–Crippen MR) is 74.2 cm³/mol. The monoisotopic (exact) mass is 294 g/mol. The number of hydrogen-bond donors (Lipinski definition) is 0. The van der Waals surface area contributed by atoms with Gasteiger partial charge in [0.1, 0.15) is 0 Å². The normalized spacial score (nSPS) is 41.2. The van der Waals surface area contributed by atoms with Gasteiger partial charge >= 0.3 is 5.97 Å². The van der Waals surface area contributed by atoms with Crippen LogP contribution in [0, 0.1) is 29.6 Å². The van der Waals surface area contributed by atoms with Gasteiger partial charge in [0.05, 0.1) is 19.3 Å². The number of fused-ring (bicyclic) bond motifs is 4. The van der Waals surface area contributed by atoms with E-state index >= 15 is 0 Å². The summed E-state index contributed by atoms with van der Waals surface area (Å²) in [5.74, 6) is 0.288. The average Bonchev–Trinajstić information content (AvgIpc) is 2.87. The van der Waals surface area contributed by atoms with Crippen molar-refractivity contribution in [3.8, 4) is 0 Å². The number of hydrogen-bond acceptors (Lipinski definition) is 5. The van der Waals surface area contributed by atoms with Gasteiger partial charge in [-0.3, -0.25) is 9.59 Å². The van der Waals surface area contributed by atoms with Crippen LogP contribution < -0.4 is 0 Å². The highest BCUT2D eigenvalue weighted by molar-refractivity contribution is 5.86. The molecule has 1 aliphatic carbocycles. The van der Waals surface area contributed by atoms with E-state index in [0.717, 1.165) is 0 Å². The lowest BCUT2D eigenvalue weighted by Crippen LogP contribution is -2.52. The minimum absolute atomic E-state index is 0.0190. The molecule has 5 heteroatoms. The van der Waals surface area contributed by atoms with Crippen LogP contribution in [0.2, 0.25) is 0 Å². The van der Waals surface area contributed by atoms with E-state index < -0.39 is 6.29 Å². The third-order valence-corrected chi connectivity index (χ3v) is 4.85. The van der Waals surface area contributed by atoms with Gasteiger partial charge in [0.15, 0.2) is 5.78 Å². The van der Waals surface area contributed by atoms with E-state index in [1.54, 1.807) is 0 Å². The summed E-state index contributed by atoms with van der Waals surface area (Å²) in [5, 5.41) is 0. The summed E-state index contributed by atoms with van der Waals surface area (Å²) in [4.78, 5) is 23.7. The number of rotatable bonds is 3. The van der Waals surface area contributed by atoms with Crippen LogP contribution in [0.1, 0.15) is 20.8 Å². The highest BCUT2D eigenvalue weighted by Crippen LogP contribution is 2.47. The average molecular weight is 294 g/mol. The highest BCUT2D eigenvalue weighted by atomic mass is 16.7. The fourth-order valence-electron chi connectivity index (χ4n) is 3.87. The molecular weight excluding hydrogens is 272 g/mol. The topological polar surface area (TPSA) is 61.8 Å². The van der Waals surface area contributed by atoms with Crippen LogP contribution in [-0.2, 0) is 23.8 Å². The summed E-state index contributed by atoms with van der Waals surface area (Å²) in [6, 6.07) is 0. The van der Waals surface area contributed by atoms with E-state index in [0.29, 0.717) is 19.1 Å². The first kappa shape index (κ1) is 14.7. The number of carbonyl (C=O) groups excluding carboxylic acids is 2.